The minimum absolute atomic E-state index is 0.254. The smallest absolute Gasteiger partial charge is 0.252 e. The van der Waals surface area contributed by atoms with Crippen LogP contribution in [0.25, 0.3) is 66.1 Å². The third-order valence-electron chi connectivity index (χ3n) is 22.1. The first-order valence-electron chi connectivity index (χ1n) is 35.8. The van der Waals surface area contributed by atoms with Crippen LogP contribution in [0, 0.1) is 0 Å². The second-order valence-electron chi connectivity index (χ2n) is 27.4. The maximum atomic E-state index is 2.65. The van der Waals surface area contributed by atoms with Crippen LogP contribution in [0.1, 0.15) is 0 Å². The van der Waals surface area contributed by atoms with E-state index in [1.54, 1.807) is 0 Å². The summed E-state index contributed by atoms with van der Waals surface area (Å²) in [6.07, 6.45) is 0. The van der Waals surface area contributed by atoms with Crippen LogP contribution in [0.4, 0.5) is 34.1 Å². The van der Waals surface area contributed by atoms with Gasteiger partial charge >= 0.3 is 0 Å². The fourth-order valence-corrected chi connectivity index (χ4v) is 27.5. The summed E-state index contributed by atoms with van der Waals surface area (Å²) in [6, 6.07) is 154. The number of hydrogen-bond donors (Lipinski definition) is 0. The molecule has 16 aromatic carbocycles. The van der Waals surface area contributed by atoms with Crippen LogP contribution < -0.4 is 67.7 Å². The monoisotopic (exact) mass is 1340 g/mol. The van der Waals surface area contributed by atoms with Crippen molar-refractivity contribution in [2.75, 3.05) is 9.80 Å². The number of anilines is 6. The van der Waals surface area contributed by atoms with E-state index in [1.165, 1.54) is 102 Å². The SMILES string of the molecule is c1ccc(-c2ccc3c(c2)B2c4cc(-n5c6ccccc6c6ccccc65)ccc4N(c4cccc([Si](c5ccccc5)(c5ccccc5)c5ccccc5)c4)c4cc(-n5c6ccccc6c6ccccc65)cc(c42)N3c2cccc([Si](c3ccccc3)(c3ccccc3)c3ccccc3)c2)cc1. The Morgan fingerprint density at radius 2 is 0.505 bits per heavy atom. The molecule has 0 spiro atoms. The lowest BCUT2D eigenvalue weighted by Gasteiger charge is -2.45. The lowest BCUT2D eigenvalue weighted by atomic mass is 9.33. The number of aromatic nitrogens is 2. The van der Waals surface area contributed by atoms with Crippen molar-refractivity contribution in [3.8, 4) is 22.5 Å². The molecule has 0 amide bonds. The summed E-state index contributed by atoms with van der Waals surface area (Å²) in [7, 11) is -6.16. The van der Waals surface area contributed by atoms with Crippen molar-refractivity contribution in [3.63, 3.8) is 0 Å². The molecule has 0 atom stereocenters. The van der Waals surface area contributed by atoms with Crippen LogP contribution >= 0.6 is 0 Å². The van der Waals surface area contributed by atoms with Gasteiger partial charge in [0.05, 0.1) is 27.8 Å². The highest BCUT2D eigenvalue weighted by molar-refractivity contribution is 7.20. The minimum atomic E-state index is -3.09. The molecule has 0 bridgehead atoms. The van der Waals surface area contributed by atoms with Crippen LogP contribution in [0.3, 0.4) is 0 Å². The Bertz CT molecular complexity index is 5950. The Balaban J connectivity index is 0.932. The summed E-state index contributed by atoms with van der Waals surface area (Å²) >= 11 is 0. The Morgan fingerprint density at radius 3 is 0.883 bits per heavy atom. The average Bonchev–Trinajstić information content (AvgIpc) is 1.23. The maximum Gasteiger partial charge on any atom is 0.252 e. The van der Waals surface area contributed by atoms with Gasteiger partial charge in [0.15, 0.2) is 16.1 Å². The van der Waals surface area contributed by atoms with Gasteiger partial charge in [-0.25, -0.2) is 0 Å². The molecule has 0 N–H and O–H groups in total. The summed E-state index contributed by atoms with van der Waals surface area (Å²) < 4.78 is 5.03. The summed E-state index contributed by atoms with van der Waals surface area (Å²) in [5.74, 6) is 0. The molecule has 0 saturated carbocycles. The van der Waals surface area contributed by atoms with Gasteiger partial charge < -0.3 is 18.9 Å². The van der Waals surface area contributed by atoms with Crippen LogP contribution in [-0.4, -0.2) is 32.0 Å². The third kappa shape index (κ3) is 9.36. The van der Waals surface area contributed by atoms with E-state index in [1.807, 2.05) is 0 Å². The molecular weight excluding hydrogens is 1280 g/mol. The van der Waals surface area contributed by atoms with Gasteiger partial charge in [-0.15, -0.1) is 0 Å². The second-order valence-corrected chi connectivity index (χ2v) is 35.0. The van der Waals surface area contributed by atoms with E-state index in [2.05, 4.69) is 425 Å². The molecule has 0 saturated heterocycles. The molecule has 2 aliphatic heterocycles. The Labute approximate surface area is 602 Å². The van der Waals surface area contributed by atoms with Gasteiger partial charge in [0.1, 0.15) is 0 Å². The van der Waals surface area contributed by atoms with Gasteiger partial charge in [-0.3, -0.25) is 0 Å². The van der Waals surface area contributed by atoms with Gasteiger partial charge in [0.25, 0.3) is 6.71 Å². The van der Waals surface area contributed by atoms with E-state index in [4.69, 9.17) is 0 Å². The highest BCUT2D eigenvalue weighted by Gasteiger charge is 2.47. The molecule has 482 valence electrons. The standard InChI is InChI=1S/C96H67BN4Si2/c1-8-32-68(33-9-1)69-58-60-92-86(62-69)97-87-65-72(98-88-54-26-22-50-82(88)83-51-23-27-55-89(83)98)59-61-93(87)100(71-35-31-49-81(64-71)103(77-42-16-5-17-43-77,78-44-18-6-19-45-78)79-46-20-7-21-47-79)95-67-73(101-90-56-28-24-52-84(90)85-53-25-29-57-91(85)101)66-94(96(95)97)99(92)70-34-30-48-80(63-70)102(74-36-10-2-11-37-74,75-38-12-3-13-39-75)76-40-14-4-15-41-76/h1-67H. The van der Waals surface area contributed by atoms with E-state index in [-0.39, 0.29) is 6.71 Å². The molecule has 2 aromatic heterocycles. The second kappa shape index (κ2) is 24.5. The first-order chi connectivity index (χ1) is 51.1. The number of fused-ring (bicyclic) bond motifs is 10. The first kappa shape index (κ1) is 60.2. The lowest BCUT2D eigenvalue weighted by molar-refractivity contribution is 1.16. The molecule has 2 aliphatic rings. The summed E-state index contributed by atoms with van der Waals surface area (Å²) in [4.78, 5) is 5.30. The molecule has 18 aromatic rings. The highest BCUT2D eigenvalue weighted by atomic mass is 28.3. The van der Waals surface area contributed by atoms with E-state index in [0.29, 0.717) is 0 Å². The molecular formula is C96H67BN4Si2. The minimum Gasteiger partial charge on any atom is -0.311 e. The van der Waals surface area contributed by atoms with Gasteiger partial charge in [0.2, 0.25) is 0 Å². The predicted octanol–water partition coefficient (Wildman–Crippen LogP) is 16.4. The van der Waals surface area contributed by atoms with E-state index in [0.717, 1.165) is 56.5 Å². The zero-order valence-electron chi connectivity index (χ0n) is 56.5. The predicted molar refractivity (Wildman–Crippen MR) is 442 cm³/mol. The molecule has 4 nitrogen and oxygen atoms in total. The van der Waals surface area contributed by atoms with Crippen molar-refractivity contribution in [3.05, 3.63) is 406 Å². The molecule has 0 unspecified atom stereocenters. The van der Waals surface area contributed by atoms with E-state index >= 15 is 0 Å². The van der Waals surface area contributed by atoms with Crippen molar-refractivity contribution >= 4 is 158 Å². The van der Waals surface area contributed by atoms with Gasteiger partial charge in [-0.05, 0) is 154 Å². The fourth-order valence-electron chi connectivity index (χ4n) is 17.9. The summed E-state index contributed by atoms with van der Waals surface area (Å²) in [5.41, 5.74) is 19.6. The number of nitrogens with zero attached hydrogens (tertiary/aromatic N) is 4. The molecule has 7 heteroatoms. The Hall–Kier alpha value is -12.8. The fraction of sp³-hybridized carbons (Fsp3) is 0. The molecule has 20 rings (SSSR count). The van der Waals surface area contributed by atoms with Crippen LogP contribution in [0.2, 0.25) is 0 Å². The normalized spacial score (nSPS) is 12.6. The molecule has 103 heavy (non-hydrogen) atoms. The lowest BCUT2D eigenvalue weighted by Crippen LogP contribution is -2.74. The van der Waals surface area contributed by atoms with Gasteiger partial charge in [-0.1, -0.05) is 322 Å². The Morgan fingerprint density at radius 1 is 0.194 bits per heavy atom. The van der Waals surface area contributed by atoms with Crippen molar-refractivity contribution in [2.45, 2.75) is 0 Å². The molecule has 4 heterocycles. The average molecular weight is 1340 g/mol. The number of benzene rings is 16. The third-order valence-corrected chi connectivity index (χ3v) is 31.7. The molecule has 0 radical (unpaired) electrons. The molecule has 0 aliphatic carbocycles. The van der Waals surface area contributed by atoms with E-state index in [9.17, 15) is 0 Å². The van der Waals surface area contributed by atoms with E-state index < -0.39 is 16.1 Å². The highest BCUT2D eigenvalue weighted by Crippen LogP contribution is 2.48. The number of para-hydroxylation sites is 4. The van der Waals surface area contributed by atoms with Crippen molar-refractivity contribution in [2.24, 2.45) is 0 Å². The maximum absolute atomic E-state index is 3.09. The summed E-state index contributed by atoms with van der Waals surface area (Å²) in [6.45, 7) is -0.254. The number of rotatable bonds is 13. The quantitative estimate of drug-likeness (QED) is 0.0845. The topological polar surface area (TPSA) is 16.3 Å². The molecule has 0 fully saturated rings. The number of hydrogen-bond acceptors (Lipinski definition) is 2. The van der Waals surface area contributed by atoms with Crippen molar-refractivity contribution in [1.82, 2.24) is 9.13 Å². The van der Waals surface area contributed by atoms with Gasteiger partial charge in [0, 0.05) is 61.4 Å². The largest absolute Gasteiger partial charge is 0.311 e. The van der Waals surface area contributed by atoms with Crippen molar-refractivity contribution in [1.29, 1.82) is 0 Å². The summed E-state index contributed by atoms with van der Waals surface area (Å²) in [5, 5.41) is 15.5. The zero-order valence-corrected chi connectivity index (χ0v) is 58.5. The van der Waals surface area contributed by atoms with Crippen LogP contribution in [0.5, 0.6) is 0 Å². The first-order valence-corrected chi connectivity index (χ1v) is 39.8. The Kier molecular flexibility index (Phi) is 14.3. The van der Waals surface area contributed by atoms with Crippen LogP contribution in [-0.2, 0) is 0 Å². The van der Waals surface area contributed by atoms with Crippen LogP contribution in [0.15, 0.2) is 406 Å². The zero-order chi connectivity index (χ0) is 68.0. The van der Waals surface area contributed by atoms with Crippen molar-refractivity contribution < 1.29 is 0 Å². The van der Waals surface area contributed by atoms with Gasteiger partial charge in [-0.2, -0.15) is 0 Å².